The number of likely N-dealkylation sites (N-methyl/N-ethyl adjacent to an activating group) is 1. The third-order valence-electron chi connectivity index (χ3n) is 7.95. The van der Waals surface area contributed by atoms with Crippen molar-refractivity contribution in [3.63, 3.8) is 0 Å². The highest BCUT2D eigenvalue weighted by atomic mass is 16.5. The van der Waals surface area contributed by atoms with Crippen molar-refractivity contribution in [3.8, 4) is 0 Å². The number of nitrogens with one attached hydrogen (secondary N) is 2. The molecule has 1 aliphatic heterocycles. The zero-order valence-corrected chi connectivity index (χ0v) is 21.3. The molecule has 1 saturated carbocycles. The summed E-state index contributed by atoms with van der Waals surface area (Å²) in [6.45, 7) is 2.25. The maximum Gasteiger partial charge on any atom is 0.236 e. The minimum absolute atomic E-state index is 0.0642. The number of carbonyl (C=O) groups excluding carboxylic acids is 1. The van der Waals surface area contributed by atoms with Gasteiger partial charge in [0, 0.05) is 43.5 Å². The maximum absolute atomic E-state index is 12.1. The van der Waals surface area contributed by atoms with E-state index < -0.39 is 0 Å². The van der Waals surface area contributed by atoms with E-state index in [2.05, 4.69) is 22.3 Å². The number of fused-ring (bicyclic) bond motifs is 1. The van der Waals surface area contributed by atoms with Gasteiger partial charge in [-0.3, -0.25) is 15.1 Å². The standard InChI is InChI=1S/C28H37N5O3/c1-32-13-14-33(17-27(32)34)19-9-11-20(12-10-19)36-26-15-22(23(29)16-25(26)35-2)28(30)31-24-8-4-6-18-5-3-7-21(18)24/h4,6,8,15-16,19-20,29,31H,3,5,7,9-14,17,30H2,1-2H3/b28-22+,29-23?/t19-,20+. The number of amides is 1. The van der Waals surface area contributed by atoms with E-state index in [4.69, 9.17) is 20.6 Å². The van der Waals surface area contributed by atoms with Gasteiger partial charge < -0.3 is 25.4 Å². The molecule has 0 atom stereocenters. The average Bonchev–Trinajstić information content (AvgIpc) is 3.37. The monoisotopic (exact) mass is 491 g/mol. The van der Waals surface area contributed by atoms with Crippen molar-refractivity contribution in [2.45, 2.75) is 57.1 Å². The van der Waals surface area contributed by atoms with E-state index in [0.29, 0.717) is 41.2 Å². The van der Waals surface area contributed by atoms with Crippen LogP contribution in [-0.2, 0) is 27.1 Å². The Balaban J connectivity index is 1.27. The Kier molecular flexibility index (Phi) is 7.05. The largest absolute Gasteiger partial charge is 0.493 e. The molecule has 36 heavy (non-hydrogen) atoms. The molecule has 0 radical (unpaired) electrons. The van der Waals surface area contributed by atoms with Crippen molar-refractivity contribution in [2.24, 2.45) is 5.73 Å². The fourth-order valence-electron chi connectivity index (χ4n) is 5.78. The second-order valence-corrected chi connectivity index (χ2v) is 10.2. The lowest BCUT2D eigenvalue weighted by Gasteiger charge is -2.40. The van der Waals surface area contributed by atoms with Crippen LogP contribution in [0.1, 0.15) is 43.2 Å². The van der Waals surface area contributed by atoms with Gasteiger partial charge >= 0.3 is 0 Å². The summed E-state index contributed by atoms with van der Waals surface area (Å²) in [5.41, 5.74) is 11.1. The molecular formula is C28H37N5O3. The summed E-state index contributed by atoms with van der Waals surface area (Å²) in [5, 5.41) is 11.9. The molecule has 2 fully saturated rings. The first-order valence-electron chi connectivity index (χ1n) is 13.0. The van der Waals surface area contributed by atoms with Crippen LogP contribution in [0.2, 0.25) is 0 Å². The minimum atomic E-state index is 0.0642. The van der Waals surface area contributed by atoms with Crippen LogP contribution in [0.15, 0.2) is 53.3 Å². The molecule has 1 aromatic rings. The normalized spacial score (nSPS) is 26.2. The molecule has 1 heterocycles. The van der Waals surface area contributed by atoms with Crippen LogP contribution >= 0.6 is 0 Å². The second-order valence-electron chi connectivity index (χ2n) is 10.2. The van der Waals surface area contributed by atoms with E-state index in [1.54, 1.807) is 13.2 Å². The Bertz CT molecular complexity index is 1130. The van der Waals surface area contributed by atoms with Gasteiger partial charge in [-0.15, -0.1) is 0 Å². The topological polar surface area (TPSA) is 104 Å². The first-order valence-corrected chi connectivity index (χ1v) is 13.0. The summed E-state index contributed by atoms with van der Waals surface area (Å²) in [4.78, 5) is 16.3. The number of aryl methyl sites for hydroxylation is 1. The van der Waals surface area contributed by atoms with Crippen LogP contribution in [0.3, 0.4) is 0 Å². The molecule has 8 heteroatoms. The molecule has 1 aromatic carbocycles. The Morgan fingerprint density at radius 1 is 1.11 bits per heavy atom. The third-order valence-corrected chi connectivity index (χ3v) is 7.95. The van der Waals surface area contributed by atoms with Gasteiger partial charge in [0.25, 0.3) is 0 Å². The smallest absolute Gasteiger partial charge is 0.236 e. The van der Waals surface area contributed by atoms with Crippen LogP contribution < -0.4 is 11.1 Å². The Hall–Kier alpha value is -3.26. The highest BCUT2D eigenvalue weighted by molar-refractivity contribution is 6.10. The molecule has 0 spiro atoms. The van der Waals surface area contributed by atoms with Gasteiger partial charge in [-0.05, 0) is 68.2 Å². The van der Waals surface area contributed by atoms with Crippen LogP contribution in [0.5, 0.6) is 0 Å². The van der Waals surface area contributed by atoms with Crippen molar-refractivity contribution in [3.05, 3.63) is 64.4 Å². The SMILES string of the molecule is COC1=CC(=N)/C(=C(\N)Nc2cccc3c2CCC3)C=C1O[C@H]1CC[C@@H](N2CCN(C)C(=O)C2)CC1. The number of carbonyl (C=O) groups is 1. The molecule has 3 aliphatic carbocycles. The van der Waals surface area contributed by atoms with E-state index in [1.165, 1.54) is 11.1 Å². The fourth-order valence-corrected chi connectivity index (χ4v) is 5.78. The van der Waals surface area contributed by atoms with Crippen molar-refractivity contribution in [1.82, 2.24) is 9.80 Å². The first kappa shape index (κ1) is 24.4. The molecular weight excluding hydrogens is 454 g/mol. The van der Waals surface area contributed by atoms with E-state index in [1.807, 2.05) is 24.1 Å². The number of rotatable bonds is 6. The number of hydrogen-bond donors (Lipinski definition) is 3. The number of allylic oxidation sites excluding steroid dienone is 3. The van der Waals surface area contributed by atoms with Gasteiger partial charge in [0.15, 0.2) is 11.5 Å². The first-order chi connectivity index (χ1) is 17.4. The van der Waals surface area contributed by atoms with Crippen molar-refractivity contribution in [2.75, 3.05) is 39.1 Å². The third kappa shape index (κ3) is 5.00. The average molecular weight is 492 g/mol. The fraction of sp³-hybridized carbons (Fsp3) is 0.500. The Morgan fingerprint density at radius 3 is 2.67 bits per heavy atom. The summed E-state index contributed by atoms with van der Waals surface area (Å²) in [6, 6.07) is 6.71. The number of benzene rings is 1. The van der Waals surface area contributed by atoms with E-state index >= 15 is 0 Å². The highest BCUT2D eigenvalue weighted by Gasteiger charge is 2.32. The predicted octanol–water partition coefficient (Wildman–Crippen LogP) is 3.31. The number of methoxy groups -OCH3 is 1. The van der Waals surface area contributed by atoms with E-state index in [-0.39, 0.29) is 12.0 Å². The van der Waals surface area contributed by atoms with Crippen molar-refractivity contribution < 1.29 is 14.3 Å². The summed E-state index contributed by atoms with van der Waals surface area (Å²) in [5.74, 6) is 1.81. The molecule has 4 aliphatic rings. The van der Waals surface area contributed by atoms with E-state index in [9.17, 15) is 4.79 Å². The predicted molar refractivity (Wildman–Crippen MR) is 141 cm³/mol. The van der Waals surface area contributed by atoms with Crippen LogP contribution in [0.4, 0.5) is 5.69 Å². The number of ether oxygens (including phenoxy) is 2. The maximum atomic E-state index is 12.1. The molecule has 4 N–H and O–H groups in total. The van der Waals surface area contributed by atoms with Gasteiger partial charge in [-0.25, -0.2) is 0 Å². The number of hydrogen-bond acceptors (Lipinski definition) is 7. The Labute approximate surface area is 213 Å². The molecule has 8 nitrogen and oxygen atoms in total. The van der Waals surface area contributed by atoms with Crippen LogP contribution in [-0.4, -0.2) is 67.4 Å². The molecule has 192 valence electrons. The molecule has 0 aromatic heterocycles. The minimum Gasteiger partial charge on any atom is -0.493 e. The Morgan fingerprint density at radius 2 is 1.92 bits per heavy atom. The van der Waals surface area contributed by atoms with Gasteiger partial charge in [-0.1, -0.05) is 12.1 Å². The van der Waals surface area contributed by atoms with Gasteiger partial charge in [0.1, 0.15) is 5.82 Å². The summed E-state index contributed by atoms with van der Waals surface area (Å²) >= 11 is 0. The molecule has 0 bridgehead atoms. The van der Waals surface area contributed by atoms with Gasteiger partial charge in [0.2, 0.25) is 5.91 Å². The summed E-state index contributed by atoms with van der Waals surface area (Å²) in [7, 11) is 3.47. The molecule has 0 unspecified atom stereocenters. The number of nitrogens with two attached hydrogens (primary N) is 1. The zero-order chi connectivity index (χ0) is 25.2. The number of piperazine rings is 1. The second kappa shape index (κ2) is 10.4. The van der Waals surface area contributed by atoms with Crippen molar-refractivity contribution in [1.29, 1.82) is 5.41 Å². The number of nitrogens with zero attached hydrogens (tertiary/aromatic N) is 2. The van der Waals surface area contributed by atoms with Crippen LogP contribution in [0.25, 0.3) is 0 Å². The van der Waals surface area contributed by atoms with Crippen LogP contribution in [0, 0.1) is 5.41 Å². The van der Waals surface area contributed by atoms with Crippen molar-refractivity contribution >= 4 is 17.3 Å². The zero-order valence-electron chi connectivity index (χ0n) is 21.3. The molecule has 5 rings (SSSR count). The number of anilines is 1. The quantitative estimate of drug-likeness (QED) is 0.564. The van der Waals surface area contributed by atoms with E-state index in [0.717, 1.165) is 63.7 Å². The molecule has 1 amide bonds. The highest BCUT2D eigenvalue weighted by Crippen LogP contribution is 2.33. The lowest BCUT2D eigenvalue weighted by atomic mass is 9.91. The lowest BCUT2D eigenvalue weighted by Crippen LogP contribution is -2.53. The lowest BCUT2D eigenvalue weighted by molar-refractivity contribution is -0.135. The molecule has 1 saturated heterocycles. The summed E-state index contributed by atoms with van der Waals surface area (Å²) in [6.07, 6.45) is 10.7. The van der Waals surface area contributed by atoms with Gasteiger partial charge in [0.05, 0.1) is 25.5 Å². The summed E-state index contributed by atoms with van der Waals surface area (Å²) < 4.78 is 12.0. The van der Waals surface area contributed by atoms with Gasteiger partial charge in [-0.2, -0.15) is 0 Å².